The number of aliphatic imine (C=N–C) groups is 1. The van der Waals surface area contributed by atoms with Gasteiger partial charge >= 0.3 is 0 Å². The Hall–Kier alpha value is -2.89. The Morgan fingerprint density at radius 3 is 2.48 bits per heavy atom. The van der Waals surface area contributed by atoms with Crippen LogP contribution in [0.25, 0.3) is 0 Å². The van der Waals surface area contributed by atoms with E-state index < -0.39 is 0 Å². The molecule has 0 saturated heterocycles. The summed E-state index contributed by atoms with van der Waals surface area (Å²) >= 11 is 0. The van der Waals surface area contributed by atoms with E-state index in [-0.39, 0.29) is 0 Å². The normalized spacial score (nSPS) is 11.0. The first-order chi connectivity index (χ1) is 13.2. The maximum Gasteiger partial charge on any atom is 0.195 e. The standard InChI is InChI=1S/C21H29N3O3/c1-5-22-21(24-17-11-12-19(26-3)20(15-17)27-4)23-13-7-9-16-8-6-10-18(14-16)25-2/h6,8,10-12,14-15H,5,7,9,13H2,1-4H3,(H2,22,23,24). The highest BCUT2D eigenvalue weighted by molar-refractivity contribution is 5.93. The highest BCUT2D eigenvalue weighted by Crippen LogP contribution is 2.29. The van der Waals surface area contributed by atoms with Gasteiger partial charge in [0, 0.05) is 24.8 Å². The van der Waals surface area contributed by atoms with Gasteiger partial charge in [0.2, 0.25) is 0 Å². The van der Waals surface area contributed by atoms with Gasteiger partial charge in [-0.2, -0.15) is 0 Å². The lowest BCUT2D eigenvalue weighted by Gasteiger charge is -2.14. The van der Waals surface area contributed by atoms with Crippen molar-refractivity contribution in [3.05, 3.63) is 48.0 Å². The van der Waals surface area contributed by atoms with Crippen LogP contribution >= 0.6 is 0 Å². The van der Waals surface area contributed by atoms with Crippen LogP contribution in [0, 0.1) is 0 Å². The van der Waals surface area contributed by atoms with Gasteiger partial charge in [-0.15, -0.1) is 0 Å². The molecule has 2 aromatic rings. The van der Waals surface area contributed by atoms with Gasteiger partial charge in [0.25, 0.3) is 0 Å². The summed E-state index contributed by atoms with van der Waals surface area (Å²) in [6.45, 7) is 3.55. The smallest absolute Gasteiger partial charge is 0.195 e. The lowest BCUT2D eigenvalue weighted by atomic mass is 10.1. The van der Waals surface area contributed by atoms with Gasteiger partial charge in [-0.1, -0.05) is 12.1 Å². The summed E-state index contributed by atoms with van der Waals surface area (Å²) in [7, 11) is 4.93. The van der Waals surface area contributed by atoms with Gasteiger partial charge in [-0.25, -0.2) is 0 Å². The SMILES string of the molecule is CCNC(=NCCCc1cccc(OC)c1)Nc1ccc(OC)c(OC)c1. The number of nitrogens with one attached hydrogen (secondary N) is 2. The molecule has 0 unspecified atom stereocenters. The molecule has 0 amide bonds. The Labute approximate surface area is 161 Å². The zero-order chi connectivity index (χ0) is 19.5. The van der Waals surface area contributed by atoms with E-state index in [0.717, 1.165) is 43.3 Å². The first-order valence-corrected chi connectivity index (χ1v) is 9.10. The quantitative estimate of drug-likeness (QED) is 0.400. The monoisotopic (exact) mass is 371 g/mol. The topological polar surface area (TPSA) is 64.1 Å². The highest BCUT2D eigenvalue weighted by Gasteiger charge is 2.06. The number of nitrogens with zero attached hydrogens (tertiary/aromatic N) is 1. The van der Waals surface area contributed by atoms with Crippen molar-refractivity contribution in [1.82, 2.24) is 5.32 Å². The molecule has 0 radical (unpaired) electrons. The molecule has 2 aromatic carbocycles. The highest BCUT2D eigenvalue weighted by atomic mass is 16.5. The number of anilines is 1. The first-order valence-electron chi connectivity index (χ1n) is 9.10. The Bertz CT molecular complexity index is 747. The van der Waals surface area contributed by atoms with E-state index in [9.17, 15) is 0 Å². The van der Waals surface area contributed by atoms with E-state index in [4.69, 9.17) is 14.2 Å². The van der Waals surface area contributed by atoms with E-state index in [1.165, 1.54) is 5.56 Å². The van der Waals surface area contributed by atoms with Gasteiger partial charge in [0.15, 0.2) is 17.5 Å². The van der Waals surface area contributed by atoms with Crippen molar-refractivity contribution < 1.29 is 14.2 Å². The van der Waals surface area contributed by atoms with Gasteiger partial charge in [0.1, 0.15) is 5.75 Å². The van der Waals surface area contributed by atoms with E-state index in [2.05, 4.69) is 27.8 Å². The van der Waals surface area contributed by atoms with E-state index in [1.54, 1.807) is 21.3 Å². The Balaban J connectivity index is 1.95. The van der Waals surface area contributed by atoms with Crippen LogP contribution in [0.2, 0.25) is 0 Å². The molecule has 0 aromatic heterocycles. The molecule has 2 rings (SSSR count). The summed E-state index contributed by atoms with van der Waals surface area (Å²) in [6.07, 6.45) is 1.91. The number of hydrogen-bond acceptors (Lipinski definition) is 4. The van der Waals surface area contributed by atoms with Gasteiger partial charge in [-0.3, -0.25) is 4.99 Å². The van der Waals surface area contributed by atoms with Gasteiger partial charge < -0.3 is 24.8 Å². The molecule has 0 bridgehead atoms. The van der Waals surface area contributed by atoms with Crippen molar-refractivity contribution in [3.8, 4) is 17.2 Å². The van der Waals surface area contributed by atoms with Crippen LogP contribution in [0.3, 0.4) is 0 Å². The molecule has 27 heavy (non-hydrogen) atoms. The third-order valence-electron chi connectivity index (χ3n) is 4.02. The molecule has 2 N–H and O–H groups in total. The van der Waals surface area contributed by atoms with Crippen LogP contribution in [0.4, 0.5) is 5.69 Å². The van der Waals surface area contributed by atoms with Gasteiger partial charge in [-0.05, 0) is 49.6 Å². The fourth-order valence-electron chi connectivity index (χ4n) is 2.66. The average Bonchev–Trinajstić information content (AvgIpc) is 2.71. The number of benzene rings is 2. The molecule has 0 fully saturated rings. The molecule has 6 nitrogen and oxygen atoms in total. The Morgan fingerprint density at radius 2 is 1.78 bits per heavy atom. The molecule has 0 saturated carbocycles. The molecule has 0 atom stereocenters. The minimum atomic E-state index is 0.677. The van der Waals surface area contributed by atoms with Crippen molar-refractivity contribution in [2.45, 2.75) is 19.8 Å². The van der Waals surface area contributed by atoms with Crippen LogP contribution in [-0.2, 0) is 6.42 Å². The molecule has 0 aliphatic carbocycles. The van der Waals surface area contributed by atoms with E-state index in [0.29, 0.717) is 11.5 Å². The summed E-state index contributed by atoms with van der Waals surface area (Å²) in [6, 6.07) is 13.8. The molecule has 146 valence electrons. The van der Waals surface area contributed by atoms with E-state index in [1.807, 2.05) is 37.3 Å². The molecule has 0 heterocycles. The van der Waals surface area contributed by atoms with Crippen molar-refractivity contribution >= 4 is 11.6 Å². The van der Waals surface area contributed by atoms with Crippen molar-refractivity contribution in [2.24, 2.45) is 4.99 Å². The number of guanidine groups is 1. The summed E-state index contributed by atoms with van der Waals surface area (Å²) in [5, 5.41) is 6.57. The molecule has 0 aliphatic rings. The largest absolute Gasteiger partial charge is 0.497 e. The number of ether oxygens (including phenoxy) is 3. The van der Waals surface area contributed by atoms with Gasteiger partial charge in [0.05, 0.1) is 21.3 Å². The van der Waals surface area contributed by atoms with Crippen LogP contribution in [-0.4, -0.2) is 40.4 Å². The summed E-state index contributed by atoms with van der Waals surface area (Å²) in [5.74, 6) is 3.01. The number of rotatable bonds is 9. The zero-order valence-electron chi connectivity index (χ0n) is 16.5. The number of aryl methyl sites for hydroxylation is 1. The number of hydrogen-bond donors (Lipinski definition) is 2. The van der Waals surface area contributed by atoms with Crippen LogP contribution in [0.5, 0.6) is 17.2 Å². The third kappa shape index (κ3) is 6.40. The molecular weight excluding hydrogens is 342 g/mol. The maximum absolute atomic E-state index is 5.35. The minimum Gasteiger partial charge on any atom is -0.497 e. The molecule has 6 heteroatoms. The fraction of sp³-hybridized carbons (Fsp3) is 0.381. The molecular formula is C21H29N3O3. The predicted octanol–water partition coefficient (Wildman–Crippen LogP) is 3.72. The summed E-state index contributed by atoms with van der Waals surface area (Å²) in [4.78, 5) is 4.66. The second-order valence-electron chi connectivity index (χ2n) is 5.91. The Morgan fingerprint density at radius 1 is 0.963 bits per heavy atom. The molecule has 0 spiro atoms. The summed E-state index contributed by atoms with van der Waals surface area (Å²) < 4.78 is 15.9. The van der Waals surface area contributed by atoms with Crippen LogP contribution in [0.15, 0.2) is 47.5 Å². The minimum absolute atomic E-state index is 0.677. The lowest BCUT2D eigenvalue weighted by Crippen LogP contribution is -2.30. The van der Waals surface area contributed by atoms with Crippen LogP contribution in [0.1, 0.15) is 18.9 Å². The van der Waals surface area contributed by atoms with Crippen molar-refractivity contribution in [3.63, 3.8) is 0 Å². The number of methoxy groups -OCH3 is 3. The molecule has 0 aliphatic heterocycles. The zero-order valence-corrected chi connectivity index (χ0v) is 16.5. The van der Waals surface area contributed by atoms with Crippen molar-refractivity contribution in [1.29, 1.82) is 0 Å². The maximum atomic E-state index is 5.35. The van der Waals surface area contributed by atoms with E-state index >= 15 is 0 Å². The average molecular weight is 371 g/mol. The van der Waals surface area contributed by atoms with Crippen molar-refractivity contribution in [2.75, 3.05) is 39.7 Å². The first kappa shape index (κ1) is 20.4. The summed E-state index contributed by atoms with van der Waals surface area (Å²) in [5.41, 5.74) is 2.14. The second-order valence-corrected chi connectivity index (χ2v) is 5.91. The lowest BCUT2D eigenvalue weighted by molar-refractivity contribution is 0.355. The Kier molecular flexibility index (Phi) is 8.29. The second kappa shape index (κ2) is 11.0. The fourth-order valence-corrected chi connectivity index (χ4v) is 2.66. The predicted molar refractivity (Wildman–Crippen MR) is 110 cm³/mol. The van der Waals surface area contributed by atoms with Crippen LogP contribution < -0.4 is 24.8 Å². The third-order valence-corrected chi connectivity index (χ3v) is 4.02.